The second-order valence-corrected chi connectivity index (χ2v) is 5.96. The summed E-state index contributed by atoms with van der Waals surface area (Å²) >= 11 is 0. The van der Waals surface area contributed by atoms with Gasteiger partial charge in [0.25, 0.3) is 0 Å². The third-order valence-corrected chi connectivity index (χ3v) is 3.86. The molecule has 5 heteroatoms. The summed E-state index contributed by atoms with van der Waals surface area (Å²) in [5, 5.41) is 18.5. The topological polar surface area (TPSA) is 75.4 Å². The van der Waals surface area contributed by atoms with Crippen LogP contribution in [0.15, 0.2) is 18.5 Å². The Hall–Kier alpha value is -1.62. The third-order valence-electron chi connectivity index (χ3n) is 3.86. The fourth-order valence-corrected chi connectivity index (χ4v) is 2.48. The number of hydrogen-bond donors (Lipinski definition) is 2. The molecule has 1 aromatic rings. The van der Waals surface area contributed by atoms with Crippen LogP contribution in [0.25, 0.3) is 6.08 Å². The van der Waals surface area contributed by atoms with Crippen LogP contribution >= 0.6 is 0 Å². The standard InChI is InChI=1S/C18H30N2O3/c1-2-3-6-9-16(21)11-12-17-19-13-15-20(17)14-8-5-4-7-10-18(22)23/h11-13,15-16,21H,2-10,14H2,1H3,(H,22,23)/b12-11+. The second-order valence-electron chi connectivity index (χ2n) is 5.96. The number of aryl methyl sites for hydroxylation is 1. The first kappa shape index (κ1) is 19.4. The Labute approximate surface area is 139 Å². The SMILES string of the molecule is CCCCCC(O)/C=C/c1nccn1CCCCCCC(=O)O. The lowest BCUT2D eigenvalue weighted by atomic mass is 10.1. The molecule has 1 heterocycles. The molecule has 1 rings (SSSR count). The van der Waals surface area contributed by atoms with Gasteiger partial charge in [0.1, 0.15) is 5.82 Å². The van der Waals surface area contributed by atoms with Crippen molar-refractivity contribution >= 4 is 12.0 Å². The second kappa shape index (κ2) is 11.9. The molecule has 130 valence electrons. The largest absolute Gasteiger partial charge is 0.481 e. The number of aliphatic carboxylic acids is 1. The van der Waals surface area contributed by atoms with Crippen LogP contribution in [0.3, 0.4) is 0 Å². The normalized spacial score (nSPS) is 12.8. The maximum atomic E-state index is 10.4. The van der Waals surface area contributed by atoms with Gasteiger partial charge < -0.3 is 14.8 Å². The van der Waals surface area contributed by atoms with E-state index in [1.807, 2.05) is 18.3 Å². The fourth-order valence-electron chi connectivity index (χ4n) is 2.48. The molecule has 0 aromatic carbocycles. The van der Waals surface area contributed by atoms with Gasteiger partial charge in [0.15, 0.2) is 0 Å². The van der Waals surface area contributed by atoms with Crippen molar-refractivity contribution in [1.29, 1.82) is 0 Å². The highest BCUT2D eigenvalue weighted by Gasteiger charge is 2.02. The number of nitrogens with zero attached hydrogens (tertiary/aromatic N) is 2. The molecule has 0 bridgehead atoms. The van der Waals surface area contributed by atoms with Crippen molar-refractivity contribution in [3.63, 3.8) is 0 Å². The fraction of sp³-hybridized carbons (Fsp3) is 0.667. The van der Waals surface area contributed by atoms with E-state index in [0.717, 1.165) is 63.7 Å². The minimum Gasteiger partial charge on any atom is -0.481 e. The number of rotatable bonds is 13. The van der Waals surface area contributed by atoms with Crippen molar-refractivity contribution in [2.45, 2.75) is 77.4 Å². The van der Waals surface area contributed by atoms with Crippen LogP contribution in [0.1, 0.15) is 70.5 Å². The number of carboxylic acids is 1. The molecule has 1 aromatic heterocycles. The molecule has 0 aliphatic heterocycles. The Morgan fingerprint density at radius 1 is 1.26 bits per heavy atom. The first-order valence-electron chi connectivity index (χ1n) is 8.72. The molecule has 0 aliphatic rings. The lowest BCUT2D eigenvalue weighted by Crippen LogP contribution is -2.03. The summed E-state index contributed by atoms with van der Waals surface area (Å²) < 4.78 is 2.08. The highest BCUT2D eigenvalue weighted by molar-refractivity contribution is 5.66. The number of unbranched alkanes of at least 4 members (excludes halogenated alkanes) is 5. The van der Waals surface area contributed by atoms with Gasteiger partial charge in [-0.05, 0) is 25.3 Å². The van der Waals surface area contributed by atoms with Crippen LogP contribution in [0.5, 0.6) is 0 Å². The summed E-state index contributed by atoms with van der Waals surface area (Å²) in [6, 6.07) is 0. The van der Waals surface area contributed by atoms with Crippen LogP contribution in [0.4, 0.5) is 0 Å². The van der Waals surface area contributed by atoms with E-state index in [9.17, 15) is 9.90 Å². The van der Waals surface area contributed by atoms with E-state index in [4.69, 9.17) is 5.11 Å². The molecule has 0 saturated heterocycles. The Kier molecular flexibility index (Phi) is 10.0. The number of carbonyl (C=O) groups is 1. The van der Waals surface area contributed by atoms with Gasteiger partial charge in [-0.2, -0.15) is 0 Å². The predicted octanol–water partition coefficient (Wildman–Crippen LogP) is 3.87. The number of hydrogen-bond acceptors (Lipinski definition) is 3. The van der Waals surface area contributed by atoms with E-state index in [1.54, 1.807) is 6.20 Å². The Morgan fingerprint density at radius 3 is 2.78 bits per heavy atom. The monoisotopic (exact) mass is 322 g/mol. The molecule has 0 amide bonds. The number of imidazole rings is 1. The van der Waals surface area contributed by atoms with Crippen LogP contribution in [0, 0.1) is 0 Å². The van der Waals surface area contributed by atoms with Gasteiger partial charge in [-0.25, -0.2) is 4.98 Å². The average Bonchev–Trinajstić information content (AvgIpc) is 2.96. The van der Waals surface area contributed by atoms with Crippen molar-refractivity contribution in [2.75, 3.05) is 0 Å². The maximum absolute atomic E-state index is 10.4. The predicted molar refractivity (Wildman–Crippen MR) is 92.1 cm³/mol. The number of carboxylic acid groups (broad SMARTS) is 1. The molecule has 23 heavy (non-hydrogen) atoms. The zero-order valence-electron chi connectivity index (χ0n) is 14.2. The molecule has 1 unspecified atom stereocenters. The number of aliphatic hydroxyl groups excluding tert-OH is 1. The Bertz CT molecular complexity index is 469. The van der Waals surface area contributed by atoms with Gasteiger partial charge in [-0.15, -0.1) is 0 Å². The molecule has 0 saturated carbocycles. The number of aliphatic hydroxyl groups is 1. The molecule has 0 aliphatic carbocycles. The number of aromatic nitrogens is 2. The van der Waals surface area contributed by atoms with Gasteiger partial charge in [-0.3, -0.25) is 4.79 Å². The molecule has 0 fully saturated rings. The summed E-state index contributed by atoms with van der Waals surface area (Å²) in [5.41, 5.74) is 0. The lowest BCUT2D eigenvalue weighted by molar-refractivity contribution is -0.137. The molecule has 0 radical (unpaired) electrons. The van der Waals surface area contributed by atoms with Gasteiger partial charge in [0, 0.05) is 25.4 Å². The van der Waals surface area contributed by atoms with Gasteiger partial charge >= 0.3 is 5.97 Å². The van der Waals surface area contributed by atoms with Crippen molar-refractivity contribution in [2.24, 2.45) is 0 Å². The van der Waals surface area contributed by atoms with E-state index >= 15 is 0 Å². The van der Waals surface area contributed by atoms with Gasteiger partial charge in [0.05, 0.1) is 6.10 Å². The zero-order valence-corrected chi connectivity index (χ0v) is 14.2. The van der Waals surface area contributed by atoms with Crippen LogP contribution in [-0.2, 0) is 11.3 Å². The third kappa shape index (κ3) is 9.18. The van der Waals surface area contributed by atoms with Crippen LogP contribution < -0.4 is 0 Å². The minimum atomic E-state index is -0.718. The molecule has 1 atom stereocenters. The smallest absolute Gasteiger partial charge is 0.303 e. The molecule has 0 spiro atoms. The van der Waals surface area contributed by atoms with Crippen molar-refractivity contribution in [3.05, 3.63) is 24.3 Å². The summed E-state index contributed by atoms with van der Waals surface area (Å²) in [6.45, 7) is 3.03. The van der Waals surface area contributed by atoms with Crippen molar-refractivity contribution < 1.29 is 15.0 Å². The van der Waals surface area contributed by atoms with E-state index in [1.165, 1.54) is 0 Å². The van der Waals surface area contributed by atoms with Crippen LogP contribution in [0.2, 0.25) is 0 Å². The molecule has 5 nitrogen and oxygen atoms in total. The Balaban J connectivity index is 2.28. The molecule has 2 N–H and O–H groups in total. The Morgan fingerprint density at radius 2 is 2.04 bits per heavy atom. The summed E-state index contributed by atoms with van der Waals surface area (Å²) in [7, 11) is 0. The quantitative estimate of drug-likeness (QED) is 0.541. The minimum absolute atomic E-state index is 0.259. The highest BCUT2D eigenvalue weighted by atomic mass is 16.4. The van der Waals surface area contributed by atoms with Crippen molar-refractivity contribution in [1.82, 2.24) is 9.55 Å². The summed E-state index contributed by atoms with van der Waals surface area (Å²) in [4.78, 5) is 14.7. The highest BCUT2D eigenvalue weighted by Crippen LogP contribution is 2.09. The first-order valence-corrected chi connectivity index (χ1v) is 8.72. The van der Waals surface area contributed by atoms with Gasteiger partial charge in [0.2, 0.25) is 0 Å². The van der Waals surface area contributed by atoms with E-state index in [0.29, 0.717) is 0 Å². The summed E-state index contributed by atoms with van der Waals surface area (Å²) in [6.07, 6.45) is 15.2. The van der Waals surface area contributed by atoms with Crippen molar-refractivity contribution in [3.8, 4) is 0 Å². The average molecular weight is 322 g/mol. The van der Waals surface area contributed by atoms with Gasteiger partial charge in [-0.1, -0.05) is 45.1 Å². The maximum Gasteiger partial charge on any atom is 0.303 e. The van der Waals surface area contributed by atoms with E-state index in [-0.39, 0.29) is 6.42 Å². The zero-order chi connectivity index (χ0) is 16.9. The van der Waals surface area contributed by atoms with E-state index < -0.39 is 12.1 Å². The summed E-state index contributed by atoms with van der Waals surface area (Å²) in [5.74, 6) is 0.148. The van der Waals surface area contributed by atoms with Crippen LogP contribution in [-0.4, -0.2) is 31.8 Å². The lowest BCUT2D eigenvalue weighted by Gasteiger charge is -2.07. The molecular formula is C18H30N2O3. The first-order chi connectivity index (χ1) is 11.1. The molecular weight excluding hydrogens is 292 g/mol. The van der Waals surface area contributed by atoms with E-state index in [2.05, 4.69) is 16.5 Å².